The van der Waals surface area contributed by atoms with E-state index in [-0.39, 0.29) is 0 Å². The van der Waals surface area contributed by atoms with E-state index in [9.17, 15) is 5.26 Å². The van der Waals surface area contributed by atoms with E-state index in [1.54, 1.807) is 0 Å². The standard InChI is InChI=1S/C19H20N4/c1-2-7-14-12-18(22-10-5-6-11-22)23-17-9-4-3-8-16(17)21-19(23)15(14)13-20/h3-4,8-9,12H,2,5-7,10-11H2,1H3. The van der Waals surface area contributed by atoms with E-state index in [0.29, 0.717) is 0 Å². The molecule has 3 heterocycles. The molecule has 0 amide bonds. The van der Waals surface area contributed by atoms with Crippen molar-refractivity contribution in [3.05, 3.63) is 41.5 Å². The van der Waals surface area contributed by atoms with Crippen molar-refractivity contribution in [2.75, 3.05) is 18.0 Å². The van der Waals surface area contributed by atoms with Crippen molar-refractivity contribution >= 4 is 22.5 Å². The van der Waals surface area contributed by atoms with E-state index in [2.05, 4.69) is 34.4 Å². The van der Waals surface area contributed by atoms with E-state index >= 15 is 0 Å². The van der Waals surface area contributed by atoms with Gasteiger partial charge in [0.2, 0.25) is 0 Å². The first-order valence-corrected chi connectivity index (χ1v) is 8.41. The number of hydrogen-bond acceptors (Lipinski definition) is 3. The van der Waals surface area contributed by atoms with Gasteiger partial charge in [0.1, 0.15) is 11.9 Å². The molecule has 0 spiro atoms. The number of nitriles is 1. The Kier molecular flexibility index (Phi) is 3.42. The molecule has 0 N–H and O–H groups in total. The van der Waals surface area contributed by atoms with Crippen LogP contribution in [0.3, 0.4) is 0 Å². The number of pyridine rings is 1. The number of benzene rings is 1. The molecule has 1 aliphatic rings. The Balaban J connectivity index is 2.10. The van der Waals surface area contributed by atoms with Crippen LogP contribution in [0.5, 0.6) is 0 Å². The molecule has 4 rings (SSSR count). The minimum atomic E-state index is 0.728. The molecule has 0 aliphatic carbocycles. The van der Waals surface area contributed by atoms with Crippen LogP contribution >= 0.6 is 0 Å². The molecule has 0 saturated carbocycles. The Hall–Kier alpha value is -2.54. The lowest BCUT2D eigenvalue weighted by atomic mass is 10.1. The van der Waals surface area contributed by atoms with Gasteiger partial charge in [-0.2, -0.15) is 5.26 Å². The Labute approximate surface area is 136 Å². The molecule has 1 aromatic carbocycles. The smallest absolute Gasteiger partial charge is 0.157 e. The lowest BCUT2D eigenvalue weighted by molar-refractivity contribution is 0.890. The summed E-state index contributed by atoms with van der Waals surface area (Å²) in [6, 6.07) is 12.8. The molecule has 2 aromatic heterocycles. The molecule has 4 nitrogen and oxygen atoms in total. The zero-order valence-corrected chi connectivity index (χ0v) is 13.4. The molecule has 4 heteroatoms. The Morgan fingerprint density at radius 3 is 2.74 bits per heavy atom. The van der Waals surface area contributed by atoms with Gasteiger partial charge in [-0.05, 0) is 43.0 Å². The Bertz CT molecular complexity index is 910. The van der Waals surface area contributed by atoms with Crippen molar-refractivity contribution in [3.8, 4) is 6.07 Å². The number of hydrogen-bond donors (Lipinski definition) is 0. The highest BCUT2D eigenvalue weighted by Crippen LogP contribution is 2.31. The van der Waals surface area contributed by atoms with Crippen LogP contribution in [0, 0.1) is 11.3 Å². The molecule has 3 aromatic rings. The predicted octanol–water partition coefficient (Wildman–Crippen LogP) is 3.91. The summed E-state index contributed by atoms with van der Waals surface area (Å²) in [5.74, 6) is 1.19. The summed E-state index contributed by atoms with van der Waals surface area (Å²) in [7, 11) is 0. The number of aromatic nitrogens is 2. The summed E-state index contributed by atoms with van der Waals surface area (Å²) in [5, 5.41) is 9.71. The average molecular weight is 304 g/mol. The first kappa shape index (κ1) is 14.1. The molecule has 0 unspecified atom stereocenters. The summed E-state index contributed by atoms with van der Waals surface area (Å²) in [6.07, 6.45) is 4.42. The summed E-state index contributed by atoms with van der Waals surface area (Å²) in [5.41, 5.74) is 4.70. The number of imidazole rings is 1. The first-order chi connectivity index (χ1) is 11.3. The normalized spacial score (nSPS) is 14.7. The predicted molar refractivity (Wildman–Crippen MR) is 92.9 cm³/mol. The van der Waals surface area contributed by atoms with Gasteiger partial charge < -0.3 is 4.90 Å². The van der Waals surface area contributed by atoms with Crippen LogP contribution in [0.4, 0.5) is 5.82 Å². The highest BCUT2D eigenvalue weighted by molar-refractivity contribution is 5.85. The number of fused-ring (bicyclic) bond motifs is 3. The number of rotatable bonds is 3. The summed E-state index contributed by atoms with van der Waals surface area (Å²) in [4.78, 5) is 7.21. The molecule has 116 valence electrons. The van der Waals surface area contributed by atoms with Crippen LogP contribution in [0.25, 0.3) is 16.7 Å². The van der Waals surface area contributed by atoms with E-state index in [1.165, 1.54) is 18.7 Å². The molecule has 23 heavy (non-hydrogen) atoms. The van der Waals surface area contributed by atoms with E-state index < -0.39 is 0 Å². The fourth-order valence-electron chi connectivity index (χ4n) is 3.63. The van der Waals surface area contributed by atoms with Crippen molar-refractivity contribution in [3.63, 3.8) is 0 Å². The molecule has 0 atom stereocenters. The van der Waals surface area contributed by atoms with Crippen molar-refractivity contribution in [2.45, 2.75) is 32.6 Å². The van der Waals surface area contributed by atoms with Gasteiger partial charge >= 0.3 is 0 Å². The second kappa shape index (κ2) is 5.58. The number of para-hydroxylation sites is 2. The topological polar surface area (TPSA) is 44.3 Å². The SMILES string of the molecule is CCCc1cc(N2CCCC2)n2c(nc3ccccc32)c1C#N. The van der Waals surface area contributed by atoms with Crippen molar-refractivity contribution in [2.24, 2.45) is 0 Å². The van der Waals surface area contributed by atoms with Crippen LogP contribution in [0.2, 0.25) is 0 Å². The van der Waals surface area contributed by atoms with Crippen LogP contribution in [0.1, 0.15) is 37.3 Å². The molecule has 1 saturated heterocycles. The van der Waals surface area contributed by atoms with Crippen molar-refractivity contribution in [1.82, 2.24) is 9.38 Å². The number of nitrogens with zero attached hydrogens (tertiary/aromatic N) is 4. The fourth-order valence-corrected chi connectivity index (χ4v) is 3.63. The minimum absolute atomic E-state index is 0.728. The lowest BCUT2D eigenvalue weighted by Gasteiger charge is -2.21. The molecule has 1 fully saturated rings. The molecular formula is C19H20N4. The van der Waals surface area contributed by atoms with Crippen LogP contribution in [0.15, 0.2) is 30.3 Å². The highest BCUT2D eigenvalue weighted by Gasteiger charge is 2.21. The average Bonchev–Trinajstić information content (AvgIpc) is 3.22. The number of anilines is 1. The molecule has 0 bridgehead atoms. The zero-order valence-electron chi connectivity index (χ0n) is 13.4. The summed E-state index contributed by atoms with van der Waals surface area (Å²) < 4.78 is 2.18. The maximum absolute atomic E-state index is 9.71. The van der Waals surface area contributed by atoms with Gasteiger partial charge in [-0.25, -0.2) is 4.98 Å². The molecular weight excluding hydrogens is 284 g/mol. The first-order valence-electron chi connectivity index (χ1n) is 8.41. The zero-order chi connectivity index (χ0) is 15.8. The van der Waals surface area contributed by atoms with E-state index in [1.807, 2.05) is 18.2 Å². The van der Waals surface area contributed by atoms with Crippen LogP contribution in [-0.2, 0) is 6.42 Å². The quantitative estimate of drug-likeness (QED) is 0.737. The second-order valence-corrected chi connectivity index (χ2v) is 6.22. The monoisotopic (exact) mass is 304 g/mol. The maximum Gasteiger partial charge on any atom is 0.157 e. The van der Waals surface area contributed by atoms with Gasteiger partial charge in [0.25, 0.3) is 0 Å². The maximum atomic E-state index is 9.71. The van der Waals surface area contributed by atoms with Gasteiger partial charge in [-0.3, -0.25) is 4.40 Å². The third-order valence-electron chi connectivity index (χ3n) is 4.70. The molecule has 0 radical (unpaired) electrons. The van der Waals surface area contributed by atoms with Crippen LogP contribution < -0.4 is 4.90 Å². The third kappa shape index (κ3) is 2.16. The van der Waals surface area contributed by atoms with Gasteiger partial charge in [0.15, 0.2) is 5.65 Å². The lowest BCUT2D eigenvalue weighted by Crippen LogP contribution is -2.21. The van der Waals surface area contributed by atoms with Gasteiger partial charge in [0, 0.05) is 13.1 Å². The minimum Gasteiger partial charge on any atom is -0.358 e. The Morgan fingerprint density at radius 1 is 1.22 bits per heavy atom. The van der Waals surface area contributed by atoms with Crippen molar-refractivity contribution in [1.29, 1.82) is 5.26 Å². The second-order valence-electron chi connectivity index (χ2n) is 6.22. The van der Waals surface area contributed by atoms with E-state index in [4.69, 9.17) is 4.98 Å². The summed E-state index contributed by atoms with van der Waals surface area (Å²) in [6.45, 7) is 4.32. The van der Waals surface area contributed by atoms with Crippen molar-refractivity contribution < 1.29 is 0 Å². The van der Waals surface area contributed by atoms with E-state index in [0.717, 1.165) is 53.7 Å². The molecule has 1 aliphatic heterocycles. The van der Waals surface area contributed by atoms with Gasteiger partial charge in [-0.1, -0.05) is 25.5 Å². The van der Waals surface area contributed by atoms with Gasteiger partial charge in [-0.15, -0.1) is 0 Å². The third-order valence-corrected chi connectivity index (χ3v) is 4.70. The Morgan fingerprint density at radius 2 is 2.00 bits per heavy atom. The number of aryl methyl sites for hydroxylation is 1. The highest BCUT2D eigenvalue weighted by atomic mass is 15.2. The van der Waals surface area contributed by atoms with Crippen LogP contribution in [-0.4, -0.2) is 22.5 Å². The van der Waals surface area contributed by atoms with Gasteiger partial charge in [0.05, 0.1) is 16.6 Å². The fraction of sp³-hybridized carbons (Fsp3) is 0.368. The largest absolute Gasteiger partial charge is 0.358 e. The summed E-state index contributed by atoms with van der Waals surface area (Å²) >= 11 is 0.